The van der Waals surface area contributed by atoms with Gasteiger partial charge in [0.2, 0.25) is 5.24 Å². The fourth-order valence-electron chi connectivity index (χ4n) is 1.42. The summed E-state index contributed by atoms with van der Waals surface area (Å²) in [6.45, 7) is 3.43. The quantitative estimate of drug-likeness (QED) is 0.707. The van der Waals surface area contributed by atoms with Crippen molar-refractivity contribution >= 4 is 16.8 Å². The molecule has 0 radical (unpaired) electrons. The molecule has 0 amide bonds. The van der Waals surface area contributed by atoms with E-state index in [4.69, 9.17) is 11.6 Å². The Hall–Kier alpha value is -0.890. The van der Waals surface area contributed by atoms with E-state index in [9.17, 15) is 9.18 Å². The fourth-order valence-corrected chi connectivity index (χ4v) is 1.52. The minimum atomic E-state index is -0.357. The van der Waals surface area contributed by atoms with Gasteiger partial charge < -0.3 is 0 Å². The first-order valence-corrected chi connectivity index (χ1v) is 4.82. The zero-order chi connectivity index (χ0) is 10.7. The molecule has 0 heterocycles. The summed E-state index contributed by atoms with van der Waals surface area (Å²) in [5, 5.41) is -0.357. The Morgan fingerprint density at radius 2 is 1.86 bits per heavy atom. The number of carbonyl (C=O) groups excluding carboxylic acids is 1. The van der Waals surface area contributed by atoms with Crippen molar-refractivity contribution in [2.45, 2.75) is 26.7 Å². The molecule has 1 nitrogen and oxygen atoms in total. The summed E-state index contributed by atoms with van der Waals surface area (Å²) in [6, 6.07) is 3.50. The Labute approximate surface area is 87.9 Å². The summed E-state index contributed by atoms with van der Waals surface area (Å²) < 4.78 is 13.2. The molecule has 0 bridgehead atoms. The highest BCUT2D eigenvalue weighted by atomic mass is 35.5. The number of carbonyl (C=O) groups is 1. The molecule has 0 aromatic heterocycles. The van der Waals surface area contributed by atoms with Crippen LogP contribution in [0, 0.1) is 19.7 Å². The summed E-state index contributed by atoms with van der Waals surface area (Å²) in [7, 11) is 0. The zero-order valence-electron chi connectivity index (χ0n) is 8.23. The van der Waals surface area contributed by atoms with Crippen molar-refractivity contribution in [1.82, 2.24) is 0 Å². The lowest BCUT2D eigenvalue weighted by atomic mass is 10.0. The van der Waals surface area contributed by atoms with Gasteiger partial charge in [-0.1, -0.05) is 12.1 Å². The number of benzene rings is 1. The molecule has 1 aromatic carbocycles. The second-order valence-corrected chi connectivity index (χ2v) is 3.82. The van der Waals surface area contributed by atoms with Gasteiger partial charge in [-0.25, -0.2) is 4.39 Å². The van der Waals surface area contributed by atoms with Crippen molar-refractivity contribution < 1.29 is 9.18 Å². The lowest BCUT2D eigenvalue weighted by Gasteiger charge is -2.05. The number of hydrogen-bond donors (Lipinski definition) is 0. The van der Waals surface area contributed by atoms with Crippen molar-refractivity contribution in [1.29, 1.82) is 0 Å². The smallest absolute Gasteiger partial charge is 0.221 e. The summed E-state index contributed by atoms with van der Waals surface area (Å²) in [4.78, 5) is 10.5. The molecule has 0 saturated carbocycles. The third kappa shape index (κ3) is 2.81. The lowest BCUT2D eigenvalue weighted by Crippen LogP contribution is -1.95. The summed E-state index contributed by atoms with van der Waals surface area (Å²) >= 11 is 5.23. The first kappa shape index (κ1) is 11.2. The maximum Gasteiger partial charge on any atom is 0.221 e. The molecule has 0 spiro atoms. The minimum Gasteiger partial charge on any atom is -0.281 e. The maximum absolute atomic E-state index is 13.2. The molecule has 0 atom stereocenters. The Balaban J connectivity index is 2.84. The van der Waals surface area contributed by atoms with E-state index >= 15 is 0 Å². The van der Waals surface area contributed by atoms with Crippen molar-refractivity contribution in [3.8, 4) is 0 Å². The predicted molar refractivity (Wildman–Crippen MR) is 55.1 cm³/mol. The van der Waals surface area contributed by atoms with Gasteiger partial charge in [-0.3, -0.25) is 4.79 Å². The fraction of sp³-hybridized carbons (Fsp3) is 0.364. The van der Waals surface area contributed by atoms with Crippen LogP contribution in [0.3, 0.4) is 0 Å². The van der Waals surface area contributed by atoms with E-state index in [1.54, 1.807) is 26.0 Å². The summed E-state index contributed by atoms with van der Waals surface area (Å²) in [5.41, 5.74) is 2.18. The van der Waals surface area contributed by atoms with E-state index in [2.05, 4.69) is 0 Å². The molecule has 0 fully saturated rings. The van der Waals surface area contributed by atoms with Crippen LogP contribution in [0.5, 0.6) is 0 Å². The van der Waals surface area contributed by atoms with Gasteiger partial charge in [0.1, 0.15) is 5.82 Å². The van der Waals surface area contributed by atoms with Crippen LogP contribution in [0.1, 0.15) is 23.1 Å². The van der Waals surface area contributed by atoms with Crippen molar-refractivity contribution in [2.24, 2.45) is 0 Å². The highest BCUT2D eigenvalue weighted by Crippen LogP contribution is 2.16. The van der Waals surface area contributed by atoms with Gasteiger partial charge in [0, 0.05) is 6.42 Å². The highest BCUT2D eigenvalue weighted by molar-refractivity contribution is 6.63. The van der Waals surface area contributed by atoms with Crippen molar-refractivity contribution in [3.63, 3.8) is 0 Å². The molecule has 0 unspecified atom stereocenters. The van der Waals surface area contributed by atoms with E-state index in [0.29, 0.717) is 24.0 Å². The van der Waals surface area contributed by atoms with Crippen LogP contribution in [0.2, 0.25) is 0 Å². The first-order chi connectivity index (χ1) is 6.50. The molecule has 0 aliphatic carbocycles. The second-order valence-electron chi connectivity index (χ2n) is 3.40. The first-order valence-electron chi connectivity index (χ1n) is 4.44. The van der Waals surface area contributed by atoms with Gasteiger partial charge in [0.05, 0.1) is 0 Å². The predicted octanol–water partition coefficient (Wildman–Crippen LogP) is 3.14. The van der Waals surface area contributed by atoms with Crippen LogP contribution < -0.4 is 0 Å². The monoisotopic (exact) mass is 214 g/mol. The summed E-state index contributed by atoms with van der Waals surface area (Å²) in [6.07, 6.45) is 0.871. The number of aryl methyl sites for hydroxylation is 3. The molecule has 1 aromatic rings. The van der Waals surface area contributed by atoms with E-state index in [0.717, 1.165) is 5.56 Å². The van der Waals surface area contributed by atoms with Crippen molar-refractivity contribution in [2.75, 3.05) is 0 Å². The van der Waals surface area contributed by atoms with E-state index in [-0.39, 0.29) is 11.1 Å². The standard InChI is InChI=1S/C11H12ClFO/c1-7-5-9(3-4-10(12)14)6-8(2)11(7)13/h5-6H,3-4H2,1-2H3. The molecule has 0 aliphatic heterocycles. The Morgan fingerprint density at radius 3 is 2.29 bits per heavy atom. The normalized spacial score (nSPS) is 10.3. The molecule has 3 heteroatoms. The van der Waals surface area contributed by atoms with E-state index < -0.39 is 0 Å². The van der Waals surface area contributed by atoms with Gasteiger partial charge in [0.25, 0.3) is 0 Å². The average molecular weight is 215 g/mol. The van der Waals surface area contributed by atoms with Crippen LogP contribution in [-0.4, -0.2) is 5.24 Å². The largest absolute Gasteiger partial charge is 0.281 e. The van der Waals surface area contributed by atoms with Gasteiger partial charge in [-0.15, -0.1) is 0 Å². The highest BCUT2D eigenvalue weighted by Gasteiger charge is 2.05. The molecule has 76 valence electrons. The van der Waals surface area contributed by atoms with Crippen LogP contribution in [0.15, 0.2) is 12.1 Å². The lowest BCUT2D eigenvalue weighted by molar-refractivity contribution is -0.111. The minimum absolute atomic E-state index is 0.175. The van der Waals surface area contributed by atoms with Crippen LogP contribution in [-0.2, 0) is 11.2 Å². The van der Waals surface area contributed by atoms with Gasteiger partial charge >= 0.3 is 0 Å². The molecule has 0 aliphatic rings. The molecule has 0 saturated heterocycles. The number of hydrogen-bond acceptors (Lipinski definition) is 1. The van der Waals surface area contributed by atoms with Gasteiger partial charge in [0.15, 0.2) is 0 Å². The zero-order valence-corrected chi connectivity index (χ0v) is 8.99. The van der Waals surface area contributed by atoms with Gasteiger partial charge in [-0.2, -0.15) is 0 Å². The second kappa shape index (κ2) is 4.56. The maximum atomic E-state index is 13.2. The third-order valence-corrected chi connectivity index (χ3v) is 2.30. The van der Waals surface area contributed by atoms with E-state index in [1.807, 2.05) is 0 Å². The SMILES string of the molecule is Cc1cc(CCC(=O)Cl)cc(C)c1F. The van der Waals surface area contributed by atoms with Gasteiger partial charge in [-0.05, 0) is 48.6 Å². The number of rotatable bonds is 3. The molecule has 1 rings (SSSR count). The Morgan fingerprint density at radius 1 is 1.36 bits per heavy atom. The Kier molecular flexibility index (Phi) is 3.64. The number of halogens is 2. The average Bonchev–Trinajstić information content (AvgIpc) is 2.10. The molecule has 0 N–H and O–H groups in total. The van der Waals surface area contributed by atoms with Crippen LogP contribution in [0.25, 0.3) is 0 Å². The Bertz CT molecular complexity index is 337. The topological polar surface area (TPSA) is 17.1 Å². The van der Waals surface area contributed by atoms with Crippen LogP contribution in [0.4, 0.5) is 4.39 Å². The molecular weight excluding hydrogens is 203 g/mol. The van der Waals surface area contributed by atoms with Crippen molar-refractivity contribution in [3.05, 3.63) is 34.6 Å². The van der Waals surface area contributed by atoms with E-state index in [1.165, 1.54) is 0 Å². The molecular formula is C11H12ClFO. The molecule has 14 heavy (non-hydrogen) atoms. The summed E-state index contributed by atoms with van der Waals surface area (Å²) in [5.74, 6) is -0.175. The third-order valence-electron chi connectivity index (χ3n) is 2.11. The van der Waals surface area contributed by atoms with Crippen LogP contribution >= 0.6 is 11.6 Å².